The summed E-state index contributed by atoms with van der Waals surface area (Å²) in [6.07, 6.45) is 3.16. The van der Waals surface area contributed by atoms with E-state index in [9.17, 15) is 9.59 Å². The summed E-state index contributed by atoms with van der Waals surface area (Å²) in [5.74, 6) is -0.902. The van der Waals surface area contributed by atoms with E-state index >= 15 is 0 Å². The van der Waals surface area contributed by atoms with Crippen LogP contribution < -0.4 is 5.32 Å². The Morgan fingerprint density at radius 1 is 0.935 bits per heavy atom. The summed E-state index contributed by atoms with van der Waals surface area (Å²) < 4.78 is 0. The number of hydrogen-bond donors (Lipinski definition) is 2. The molecule has 0 radical (unpaired) electrons. The number of aryl methyl sites for hydroxylation is 2. The molecule has 0 bridgehead atoms. The number of aromatic carboxylic acids is 1. The highest BCUT2D eigenvalue weighted by Crippen LogP contribution is 2.19. The molecule has 0 saturated heterocycles. The molecule has 31 heavy (non-hydrogen) atoms. The standard InChI is InChI=1S/C24H25ClN2O3S/c25-19-9-4-7-18(17-19)8-5-15-27(24(30)26-20-10-2-1-3-11-20)16-6-12-21-13-14-22(31-21)23(28)29/h1-4,7,9-11,13-14,17H,5-6,8,12,15-16H2,(H,26,30)(H,28,29). The Bertz CT molecular complexity index is 1010. The van der Waals surface area contributed by atoms with Crippen LogP contribution in [0.25, 0.3) is 0 Å². The molecule has 7 heteroatoms. The van der Waals surface area contributed by atoms with Crippen LogP contribution in [0.1, 0.15) is 33.0 Å². The first-order valence-corrected chi connectivity index (χ1v) is 11.4. The second-order valence-corrected chi connectivity index (χ2v) is 8.80. The number of nitrogens with one attached hydrogen (secondary N) is 1. The number of anilines is 1. The van der Waals surface area contributed by atoms with Crippen LogP contribution in [0, 0.1) is 0 Å². The number of urea groups is 1. The fraction of sp³-hybridized carbons (Fsp3) is 0.250. The van der Waals surface area contributed by atoms with Crippen molar-refractivity contribution in [2.24, 2.45) is 0 Å². The molecule has 3 aromatic rings. The van der Waals surface area contributed by atoms with E-state index in [1.54, 1.807) is 6.07 Å². The van der Waals surface area contributed by atoms with Gasteiger partial charge in [-0.3, -0.25) is 0 Å². The van der Waals surface area contributed by atoms with Crippen molar-refractivity contribution in [2.75, 3.05) is 18.4 Å². The number of rotatable bonds is 10. The second-order valence-electron chi connectivity index (χ2n) is 7.19. The van der Waals surface area contributed by atoms with Gasteiger partial charge in [-0.1, -0.05) is 41.9 Å². The molecule has 5 nitrogen and oxygen atoms in total. The fourth-order valence-corrected chi connectivity index (χ4v) is 4.38. The molecular weight excluding hydrogens is 432 g/mol. The number of carbonyl (C=O) groups is 2. The molecule has 2 N–H and O–H groups in total. The lowest BCUT2D eigenvalue weighted by Gasteiger charge is -2.23. The third-order valence-corrected chi connectivity index (χ3v) is 6.19. The van der Waals surface area contributed by atoms with Crippen molar-refractivity contribution in [1.29, 1.82) is 0 Å². The van der Waals surface area contributed by atoms with Gasteiger partial charge in [-0.05, 0) is 67.6 Å². The number of nitrogens with zero attached hydrogens (tertiary/aromatic N) is 1. The highest BCUT2D eigenvalue weighted by molar-refractivity contribution is 7.13. The zero-order valence-corrected chi connectivity index (χ0v) is 18.7. The molecule has 3 rings (SSSR count). The molecule has 0 saturated carbocycles. The van der Waals surface area contributed by atoms with Crippen molar-refractivity contribution in [3.8, 4) is 0 Å². The van der Waals surface area contributed by atoms with E-state index in [1.165, 1.54) is 11.3 Å². The Labute approximate surface area is 191 Å². The number of benzene rings is 2. The number of hydrogen-bond acceptors (Lipinski definition) is 3. The minimum Gasteiger partial charge on any atom is -0.477 e. The molecule has 1 aromatic heterocycles. The highest BCUT2D eigenvalue weighted by atomic mass is 35.5. The molecule has 0 aliphatic heterocycles. The van der Waals surface area contributed by atoms with Crippen molar-refractivity contribution in [1.82, 2.24) is 4.90 Å². The number of carboxylic acids is 1. The molecule has 0 atom stereocenters. The number of para-hydroxylation sites is 1. The molecule has 0 unspecified atom stereocenters. The first-order chi connectivity index (χ1) is 15.0. The van der Waals surface area contributed by atoms with Gasteiger partial charge < -0.3 is 15.3 Å². The van der Waals surface area contributed by atoms with Gasteiger partial charge in [0.25, 0.3) is 0 Å². The summed E-state index contributed by atoms with van der Waals surface area (Å²) in [5.41, 5.74) is 1.91. The normalized spacial score (nSPS) is 10.6. The molecule has 2 amide bonds. The smallest absolute Gasteiger partial charge is 0.345 e. The summed E-state index contributed by atoms with van der Waals surface area (Å²) in [6, 6.07) is 20.5. The molecule has 0 aliphatic rings. The van der Waals surface area contributed by atoms with Gasteiger partial charge in [0.1, 0.15) is 4.88 Å². The Morgan fingerprint density at radius 3 is 2.35 bits per heavy atom. The van der Waals surface area contributed by atoms with Gasteiger partial charge in [0.2, 0.25) is 0 Å². The quantitative estimate of drug-likeness (QED) is 0.381. The lowest BCUT2D eigenvalue weighted by Crippen LogP contribution is -2.36. The number of carboxylic acid groups (broad SMARTS) is 1. The van der Waals surface area contributed by atoms with Crippen molar-refractivity contribution in [3.63, 3.8) is 0 Å². The van der Waals surface area contributed by atoms with Crippen LogP contribution in [-0.4, -0.2) is 35.1 Å². The maximum atomic E-state index is 12.9. The van der Waals surface area contributed by atoms with E-state index in [2.05, 4.69) is 5.32 Å². The second kappa shape index (κ2) is 11.5. The third kappa shape index (κ3) is 7.42. The predicted molar refractivity (Wildman–Crippen MR) is 126 cm³/mol. The van der Waals surface area contributed by atoms with Gasteiger partial charge >= 0.3 is 12.0 Å². The van der Waals surface area contributed by atoms with Crippen molar-refractivity contribution < 1.29 is 14.7 Å². The van der Waals surface area contributed by atoms with Gasteiger partial charge in [0.15, 0.2) is 0 Å². The summed E-state index contributed by atoms with van der Waals surface area (Å²) in [6.45, 7) is 1.21. The Kier molecular flexibility index (Phi) is 8.50. The lowest BCUT2D eigenvalue weighted by atomic mass is 10.1. The maximum absolute atomic E-state index is 12.9. The van der Waals surface area contributed by atoms with E-state index in [0.717, 1.165) is 41.8 Å². The fourth-order valence-electron chi connectivity index (χ4n) is 3.28. The van der Waals surface area contributed by atoms with Crippen molar-refractivity contribution in [3.05, 3.63) is 87.1 Å². The SMILES string of the molecule is O=C(O)c1ccc(CCCN(CCCc2cccc(Cl)c2)C(=O)Nc2ccccc2)s1. The van der Waals surface area contributed by atoms with Crippen LogP contribution in [0.2, 0.25) is 5.02 Å². The van der Waals surface area contributed by atoms with E-state index in [1.807, 2.05) is 65.6 Å². The molecule has 0 spiro atoms. The van der Waals surface area contributed by atoms with Crippen LogP contribution in [0.4, 0.5) is 10.5 Å². The van der Waals surface area contributed by atoms with Crippen LogP contribution >= 0.6 is 22.9 Å². The van der Waals surface area contributed by atoms with E-state index < -0.39 is 5.97 Å². The topological polar surface area (TPSA) is 69.6 Å². The van der Waals surface area contributed by atoms with E-state index in [-0.39, 0.29) is 6.03 Å². The lowest BCUT2D eigenvalue weighted by molar-refractivity contribution is 0.0702. The van der Waals surface area contributed by atoms with Crippen LogP contribution in [0.3, 0.4) is 0 Å². The van der Waals surface area contributed by atoms with Gasteiger partial charge in [0, 0.05) is 28.7 Å². The van der Waals surface area contributed by atoms with Gasteiger partial charge in [0.05, 0.1) is 0 Å². The first-order valence-electron chi connectivity index (χ1n) is 10.2. The summed E-state index contributed by atoms with van der Waals surface area (Å²) in [4.78, 5) is 27.1. The number of halogens is 1. The molecule has 1 heterocycles. The predicted octanol–water partition coefficient (Wildman–Crippen LogP) is 6.20. The number of thiophene rings is 1. The first kappa shape index (κ1) is 22.8. The van der Waals surface area contributed by atoms with Crippen molar-refractivity contribution in [2.45, 2.75) is 25.7 Å². The monoisotopic (exact) mass is 456 g/mol. The minimum atomic E-state index is -0.902. The largest absolute Gasteiger partial charge is 0.477 e. The average Bonchev–Trinajstić information content (AvgIpc) is 3.23. The maximum Gasteiger partial charge on any atom is 0.345 e. The van der Waals surface area contributed by atoms with Crippen LogP contribution in [0.5, 0.6) is 0 Å². The molecule has 2 aromatic carbocycles. The zero-order valence-electron chi connectivity index (χ0n) is 17.1. The third-order valence-electron chi connectivity index (χ3n) is 4.82. The molecular formula is C24H25ClN2O3S. The molecule has 0 fully saturated rings. The molecule has 0 aliphatic carbocycles. The number of carbonyl (C=O) groups excluding carboxylic acids is 1. The minimum absolute atomic E-state index is 0.130. The molecule has 162 valence electrons. The van der Waals surface area contributed by atoms with Gasteiger partial charge in [-0.25, -0.2) is 9.59 Å². The Hall–Kier alpha value is -2.83. The van der Waals surface area contributed by atoms with E-state index in [0.29, 0.717) is 23.0 Å². The summed E-state index contributed by atoms with van der Waals surface area (Å²) >= 11 is 7.35. The summed E-state index contributed by atoms with van der Waals surface area (Å²) in [7, 11) is 0. The van der Waals surface area contributed by atoms with Gasteiger partial charge in [-0.15, -0.1) is 11.3 Å². The van der Waals surface area contributed by atoms with Crippen LogP contribution in [-0.2, 0) is 12.8 Å². The van der Waals surface area contributed by atoms with Gasteiger partial charge in [-0.2, -0.15) is 0 Å². The van der Waals surface area contributed by atoms with E-state index in [4.69, 9.17) is 16.7 Å². The summed E-state index contributed by atoms with van der Waals surface area (Å²) in [5, 5.41) is 12.7. The Balaban J connectivity index is 1.57. The Morgan fingerprint density at radius 2 is 1.68 bits per heavy atom. The van der Waals surface area contributed by atoms with Crippen molar-refractivity contribution >= 4 is 40.6 Å². The number of amides is 2. The highest BCUT2D eigenvalue weighted by Gasteiger charge is 2.14. The average molecular weight is 457 g/mol. The zero-order chi connectivity index (χ0) is 22.1. The van der Waals surface area contributed by atoms with Crippen LogP contribution in [0.15, 0.2) is 66.7 Å².